The van der Waals surface area contributed by atoms with Crippen molar-refractivity contribution in [2.45, 2.75) is 209 Å². The van der Waals surface area contributed by atoms with Crippen LogP contribution in [0.1, 0.15) is 293 Å². The highest BCUT2D eigenvalue weighted by atomic mass is 16.5. The fourth-order valence-corrected chi connectivity index (χ4v) is 15.8. The van der Waals surface area contributed by atoms with Crippen molar-refractivity contribution in [2.24, 2.45) is 0 Å². The summed E-state index contributed by atoms with van der Waals surface area (Å²) in [6.45, 7) is 20.3. The van der Waals surface area contributed by atoms with Crippen molar-refractivity contribution in [2.75, 3.05) is 26.4 Å². The lowest BCUT2D eigenvalue weighted by Crippen LogP contribution is -2.02. The van der Waals surface area contributed by atoms with Crippen LogP contribution < -0.4 is 18.9 Å². The van der Waals surface area contributed by atoms with Gasteiger partial charge in [-0.15, -0.1) is 20.4 Å². The third-order valence-electron chi connectivity index (χ3n) is 24.1. The zero-order valence-corrected chi connectivity index (χ0v) is 79.2. The van der Waals surface area contributed by atoms with Gasteiger partial charge in [0.25, 0.3) is 0 Å². The first-order chi connectivity index (χ1) is 64.9. The van der Waals surface area contributed by atoms with Crippen molar-refractivity contribution in [3.8, 4) is 68.8 Å². The molecule has 11 aromatic carbocycles. The third-order valence-corrected chi connectivity index (χ3v) is 24.1. The number of benzene rings is 11. The SMILES string of the molecule is CCCCCCCCOc1cc(/C=C/c2ccc(/C=C/c3cc(/C=C/c4ccc(/C=C/c5cc(OCCCCCCCC)c(C)cc5OCCCCCCCC)cc4)c(/C=C/c4ccc(/C=C/c5ccc(-c6nnc(-c7ccc(C)cc7)o6)cc5)cc4)cc3/C=C/c3ccc(/C=C/c4ccc(-c5nnc(-c6ccc(C)cc6)o5)cc4)cc3)cc2)c(OCCCCCCCC)cc1C. The molecule has 0 atom stereocenters. The fourth-order valence-electron chi connectivity index (χ4n) is 15.8. The first kappa shape index (κ1) is 96.4. The Hall–Kier alpha value is -13.2. The van der Waals surface area contributed by atoms with E-state index in [2.05, 4.69) is 331 Å². The van der Waals surface area contributed by atoms with Gasteiger partial charge in [0.1, 0.15) is 23.0 Å². The summed E-state index contributed by atoms with van der Waals surface area (Å²) in [5.74, 6) is 5.61. The van der Waals surface area contributed by atoms with Crippen LogP contribution in [0.2, 0.25) is 0 Å². The minimum Gasteiger partial charge on any atom is -0.493 e. The zero-order valence-electron chi connectivity index (χ0n) is 79.2. The Kier molecular flexibility index (Phi) is 38.4. The van der Waals surface area contributed by atoms with E-state index in [0.717, 1.165) is 171 Å². The normalized spacial score (nSPS) is 11.9. The van der Waals surface area contributed by atoms with E-state index in [-0.39, 0.29) is 0 Å². The Morgan fingerprint density at radius 1 is 0.197 bits per heavy atom. The van der Waals surface area contributed by atoms with Gasteiger partial charge in [-0.1, -0.05) is 410 Å². The summed E-state index contributed by atoms with van der Waals surface area (Å²) in [4.78, 5) is 0. The van der Waals surface area contributed by atoms with Crippen molar-refractivity contribution < 1.29 is 27.8 Å². The Balaban J connectivity index is 0.796. The average Bonchev–Trinajstić information content (AvgIpc) is 0.929. The lowest BCUT2D eigenvalue weighted by Gasteiger charge is -2.15. The predicted molar refractivity (Wildman–Crippen MR) is 561 cm³/mol. The van der Waals surface area contributed by atoms with Crippen molar-refractivity contribution in [1.29, 1.82) is 0 Å². The molecule has 0 N–H and O–H groups in total. The van der Waals surface area contributed by atoms with Gasteiger partial charge in [-0.05, 0) is 227 Å². The molecule has 0 amide bonds. The van der Waals surface area contributed by atoms with Crippen molar-refractivity contribution in [3.05, 3.63) is 342 Å². The van der Waals surface area contributed by atoms with E-state index in [4.69, 9.17) is 27.8 Å². The fraction of sp³-hybridized carbons (Fsp3) is 0.295. The summed E-state index contributed by atoms with van der Waals surface area (Å²) >= 11 is 0. The predicted octanol–water partition coefficient (Wildman–Crippen LogP) is 34.7. The van der Waals surface area contributed by atoms with Crippen LogP contribution in [0.3, 0.4) is 0 Å². The molecule has 0 spiro atoms. The molecule has 10 nitrogen and oxygen atoms in total. The van der Waals surface area contributed by atoms with Crippen molar-refractivity contribution in [3.63, 3.8) is 0 Å². The number of aromatic nitrogens is 4. The molecule has 0 bridgehead atoms. The molecule has 13 rings (SSSR count). The van der Waals surface area contributed by atoms with E-state index in [1.807, 2.05) is 72.8 Å². The minimum absolute atomic E-state index is 0.486. The molecule has 0 radical (unpaired) electrons. The van der Waals surface area contributed by atoms with Gasteiger partial charge in [-0.2, -0.15) is 0 Å². The zero-order chi connectivity index (χ0) is 91.5. The quantitative estimate of drug-likeness (QED) is 0.0270. The molecule has 0 aliphatic rings. The van der Waals surface area contributed by atoms with E-state index in [1.165, 1.54) is 140 Å². The second-order valence-corrected chi connectivity index (χ2v) is 35.0. The molecule has 0 aliphatic carbocycles. The molecule has 0 unspecified atom stereocenters. The largest absolute Gasteiger partial charge is 0.493 e. The van der Waals surface area contributed by atoms with Crippen LogP contribution in [0.5, 0.6) is 23.0 Å². The number of rotatable bonds is 52. The van der Waals surface area contributed by atoms with Gasteiger partial charge in [0.05, 0.1) is 26.4 Å². The maximum atomic E-state index is 6.60. The second kappa shape index (κ2) is 52.6. The van der Waals surface area contributed by atoms with Crippen LogP contribution in [-0.4, -0.2) is 46.8 Å². The Labute approximate surface area is 786 Å². The average molecular weight is 1750 g/mol. The summed E-state index contributed by atoms with van der Waals surface area (Å²) in [6, 6.07) is 81.0. The highest BCUT2D eigenvalue weighted by Gasteiger charge is 2.17. The van der Waals surface area contributed by atoms with E-state index in [0.29, 0.717) is 50.0 Å². The Morgan fingerprint density at radius 2 is 0.386 bits per heavy atom. The molecule has 2 aromatic heterocycles. The van der Waals surface area contributed by atoms with Gasteiger partial charge < -0.3 is 27.8 Å². The summed E-state index contributed by atoms with van der Waals surface area (Å²) in [6.07, 6.45) is 64.4. The molecule has 2 heterocycles. The van der Waals surface area contributed by atoms with E-state index in [1.54, 1.807) is 0 Å². The van der Waals surface area contributed by atoms with Crippen LogP contribution in [0.25, 0.3) is 143 Å². The molecule has 0 aliphatic heterocycles. The molecule has 10 heteroatoms. The second-order valence-electron chi connectivity index (χ2n) is 35.0. The lowest BCUT2D eigenvalue weighted by atomic mass is 9.95. The molecular weight excluding hydrogens is 1620 g/mol. The van der Waals surface area contributed by atoms with Crippen LogP contribution in [-0.2, 0) is 0 Å². The van der Waals surface area contributed by atoms with Gasteiger partial charge in [-0.25, -0.2) is 0 Å². The minimum atomic E-state index is 0.486. The summed E-state index contributed by atoms with van der Waals surface area (Å²) in [5, 5.41) is 17.4. The first-order valence-corrected chi connectivity index (χ1v) is 48.7. The maximum absolute atomic E-state index is 6.60. The highest BCUT2D eigenvalue weighted by molar-refractivity contribution is 5.88. The molecule has 132 heavy (non-hydrogen) atoms. The molecule has 0 saturated heterocycles. The first-order valence-electron chi connectivity index (χ1n) is 48.7. The van der Waals surface area contributed by atoms with Gasteiger partial charge in [0, 0.05) is 33.4 Å². The van der Waals surface area contributed by atoms with Crippen molar-refractivity contribution in [1.82, 2.24) is 20.4 Å². The van der Waals surface area contributed by atoms with E-state index >= 15 is 0 Å². The molecule has 0 fully saturated rings. The molecule has 13 aromatic rings. The molecular formula is C122H134N4O6. The number of ether oxygens (including phenoxy) is 4. The van der Waals surface area contributed by atoms with Gasteiger partial charge in [-0.3, -0.25) is 0 Å². The molecule has 0 saturated carbocycles. The maximum Gasteiger partial charge on any atom is 0.248 e. The number of nitrogens with zero attached hydrogens (tertiary/aromatic N) is 4. The van der Waals surface area contributed by atoms with E-state index < -0.39 is 0 Å². The number of hydrogen-bond acceptors (Lipinski definition) is 10. The highest BCUT2D eigenvalue weighted by Crippen LogP contribution is 2.36. The Morgan fingerprint density at radius 3 is 0.621 bits per heavy atom. The number of hydrogen-bond donors (Lipinski definition) is 0. The number of aryl methyl sites for hydroxylation is 4. The topological polar surface area (TPSA) is 115 Å². The van der Waals surface area contributed by atoms with Crippen LogP contribution in [0, 0.1) is 27.7 Å². The lowest BCUT2D eigenvalue weighted by molar-refractivity contribution is 0.294. The van der Waals surface area contributed by atoms with Crippen LogP contribution in [0.15, 0.2) is 239 Å². The van der Waals surface area contributed by atoms with Gasteiger partial charge >= 0.3 is 0 Å². The third kappa shape index (κ3) is 31.0. The van der Waals surface area contributed by atoms with Crippen LogP contribution >= 0.6 is 0 Å². The van der Waals surface area contributed by atoms with Gasteiger partial charge in [0.15, 0.2) is 0 Å². The van der Waals surface area contributed by atoms with Gasteiger partial charge in [0.2, 0.25) is 23.6 Å². The smallest absolute Gasteiger partial charge is 0.248 e. The van der Waals surface area contributed by atoms with Crippen LogP contribution in [0.4, 0.5) is 0 Å². The van der Waals surface area contributed by atoms with E-state index in [9.17, 15) is 0 Å². The van der Waals surface area contributed by atoms with Crippen molar-refractivity contribution >= 4 is 97.2 Å². The summed E-state index contributed by atoms with van der Waals surface area (Å²) in [5.41, 5.74) is 25.2. The standard InChI is InChI=1S/C122H134N4O6/c1-9-13-17-21-25-29-81-127-115-89-113(117(85-93(115)7)129-83-31-27-23-19-15-11-3)79-65-101-51-47-99(48-52-101)63-77-111-88-112(78-64-100-49-53-102(54-50-100)66-80-114-90-116(128-82-30-26-22-18-14-10-2)94(8)86-118(114)130-84-32-28-24-20-16-12-4)110(76-62-98-45-39-96(40-46-98)42-56-104-59-73-108(74-60-104)122-126-124-120(132-122)106-69-35-92(6)36-70-106)87-109(111)75-61-97-43-37-95(38-44-97)41-55-103-57-71-107(72-58-103)121-125-123-119(131-121)105-67-33-91(5)34-68-105/h33-80,85-90H,9-32,81-84H2,1-8H3/b55-41+,56-42+,75-61+,76-62+,77-63+,78-64+,79-65+,80-66+. The Bertz CT molecular complexity index is 5580. The monoisotopic (exact) mass is 1750 g/mol. The molecule has 678 valence electrons. The number of unbranched alkanes of at least 4 members (excludes halogenated alkanes) is 20. The summed E-state index contributed by atoms with van der Waals surface area (Å²) < 4.78 is 38.4. The summed E-state index contributed by atoms with van der Waals surface area (Å²) in [7, 11) is 0.